The van der Waals surface area contributed by atoms with Crippen LogP contribution in [0.2, 0.25) is 0 Å². The fourth-order valence-corrected chi connectivity index (χ4v) is 7.77. The summed E-state index contributed by atoms with van der Waals surface area (Å²) in [6, 6.07) is 26.4. The molecule has 1 heterocycles. The molecule has 0 fully saturated rings. The molecule has 0 aromatic heterocycles. The fourth-order valence-electron chi connectivity index (χ4n) is 6.32. The molecule has 0 bridgehead atoms. The number of carbonyl (C=O) groups is 1. The molecule has 246 valence electrons. The predicted octanol–water partition coefficient (Wildman–Crippen LogP) is 6.47. The number of benzene rings is 4. The number of rotatable bonds is 10. The number of aryl methyl sites for hydroxylation is 1. The summed E-state index contributed by atoms with van der Waals surface area (Å²) in [4.78, 5) is 23.9. The Balaban J connectivity index is 1.24. The van der Waals surface area contributed by atoms with Crippen LogP contribution in [0.25, 0.3) is 0 Å². The molecular weight excluding hydrogens is 630 g/mol. The lowest BCUT2D eigenvalue weighted by molar-refractivity contribution is -0.385. The number of methoxy groups -OCH3 is 1. The largest absolute Gasteiger partial charge is 0.497 e. The van der Waals surface area contributed by atoms with Gasteiger partial charge in [0.2, 0.25) is 0 Å². The number of sulfonamides is 1. The van der Waals surface area contributed by atoms with Crippen LogP contribution in [-0.4, -0.2) is 38.6 Å². The molecule has 0 saturated carbocycles. The molecule has 1 aliphatic carbocycles. The molecule has 4 aromatic rings. The van der Waals surface area contributed by atoms with E-state index in [2.05, 4.69) is 58.3 Å². The smallest absolute Gasteiger partial charge is 0.273 e. The quantitative estimate of drug-likeness (QED) is 0.0855. The number of carbonyl (C=O) groups excluding carboxylic acids is 1. The average Bonchev–Trinajstić information content (AvgIpc) is 3.60. The van der Waals surface area contributed by atoms with Crippen molar-refractivity contribution in [1.29, 1.82) is 0 Å². The molecular formula is C36H35N5O6S. The van der Waals surface area contributed by atoms with Crippen molar-refractivity contribution in [2.75, 3.05) is 23.3 Å². The Morgan fingerprint density at radius 1 is 1.06 bits per heavy atom. The Labute approximate surface area is 279 Å². The Kier molecular flexibility index (Phi) is 9.01. The topological polar surface area (TPSA) is 143 Å². The van der Waals surface area contributed by atoms with Gasteiger partial charge in [-0.1, -0.05) is 54.6 Å². The van der Waals surface area contributed by atoms with Gasteiger partial charge in [0, 0.05) is 23.2 Å². The van der Waals surface area contributed by atoms with E-state index in [1.54, 1.807) is 19.1 Å². The zero-order chi connectivity index (χ0) is 34.0. The Morgan fingerprint density at radius 2 is 1.81 bits per heavy atom. The summed E-state index contributed by atoms with van der Waals surface area (Å²) in [5.74, 6) is 0.393. The van der Waals surface area contributed by atoms with Crippen LogP contribution in [0.4, 0.5) is 17.1 Å². The molecule has 1 aliphatic heterocycles. The minimum atomic E-state index is -4.41. The number of nitrogens with one attached hydrogen (secondary N) is 2. The van der Waals surface area contributed by atoms with E-state index in [0.717, 1.165) is 33.6 Å². The van der Waals surface area contributed by atoms with Gasteiger partial charge in [-0.05, 0) is 85.3 Å². The van der Waals surface area contributed by atoms with E-state index in [1.165, 1.54) is 43.9 Å². The fraction of sp³-hybridized carbons (Fsp3) is 0.222. The van der Waals surface area contributed by atoms with E-state index in [9.17, 15) is 23.3 Å². The molecule has 0 saturated heterocycles. The van der Waals surface area contributed by atoms with Crippen molar-refractivity contribution >= 4 is 38.7 Å². The van der Waals surface area contributed by atoms with Gasteiger partial charge in [-0.3, -0.25) is 19.2 Å². The van der Waals surface area contributed by atoms with Crippen LogP contribution in [0.3, 0.4) is 0 Å². The summed E-state index contributed by atoms with van der Waals surface area (Å²) in [5, 5.41) is 19.6. The summed E-state index contributed by atoms with van der Waals surface area (Å²) < 4.78 is 33.8. The molecule has 3 atom stereocenters. The van der Waals surface area contributed by atoms with Gasteiger partial charge in [0.1, 0.15) is 12.3 Å². The van der Waals surface area contributed by atoms with E-state index in [1.807, 2.05) is 18.2 Å². The number of ether oxygens (including phenoxy) is 1. The number of nitro groups is 1. The van der Waals surface area contributed by atoms with Crippen molar-refractivity contribution in [3.63, 3.8) is 0 Å². The minimum absolute atomic E-state index is 0.171. The zero-order valence-electron chi connectivity index (χ0n) is 26.7. The van der Waals surface area contributed by atoms with Crippen LogP contribution in [0, 0.1) is 23.0 Å². The summed E-state index contributed by atoms with van der Waals surface area (Å²) in [7, 11) is -2.93. The molecule has 1 amide bonds. The molecule has 48 heavy (non-hydrogen) atoms. The third-order valence-electron chi connectivity index (χ3n) is 8.90. The van der Waals surface area contributed by atoms with Crippen LogP contribution in [0.1, 0.15) is 47.6 Å². The monoisotopic (exact) mass is 665 g/mol. The van der Waals surface area contributed by atoms with Gasteiger partial charge in [-0.15, -0.1) is 0 Å². The molecule has 2 aliphatic rings. The lowest BCUT2D eigenvalue weighted by Gasteiger charge is -2.37. The molecule has 12 heteroatoms. The van der Waals surface area contributed by atoms with E-state index in [4.69, 9.17) is 4.74 Å². The number of fused-ring (bicyclic) bond motifs is 3. The van der Waals surface area contributed by atoms with Crippen molar-refractivity contribution < 1.29 is 22.9 Å². The van der Waals surface area contributed by atoms with E-state index >= 15 is 0 Å². The Morgan fingerprint density at radius 3 is 2.52 bits per heavy atom. The Hall–Kier alpha value is -5.49. The summed E-state index contributed by atoms with van der Waals surface area (Å²) in [5.41, 5.74) is 7.46. The van der Waals surface area contributed by atoms with Crippen molar-refractivity contribution in [3.8, 4) is 5.75 Å². The number of amides is 1. The van der Waals surface area contributed by atoms with Crippen LogP contribution >= 0.6 is 0 Å². The molecule has 0 radical (unpaired) electrons. The van der Waals surface area contributed by atoms with E-state index < -0.39 is 27.4 Å². The SMILES string of the molecule is COc1ccc(N(CC(=O)NN=C(C)c2ccc3c(c2)C2C=CCC2C(c2ccccc2)N3)S(=O)(=O)c2ccc(C)c([N+](=O)[O-])c2)cc1. The lowest BCUT2D eigenvalue weighted by Crippen LogP contribution is -2.39. The summed E-state index contributed by atoms with van der Waals surface area (Å²) in [6.07, 6.45) is 5.45. The van der Waals surface area contributed by atoms with Crippen molar-refractivity contribution in [2.24, 2.45) is 11.0 Å². The second-order valence-electron chi connectivity index (χ2n) is 11.8. The number of hydrogen-bond donors (Lipinski definition) is 2. The molecule has 4 aromatic carbocycles. The van der Waals surface area contributed by atoms with Crippen LogP contribution in [0.15, 0.2) is 113 Å². The highest BCUT2D eigenvalue weighted by Crippen LogP contribution is 2.50. The number of nitrogens with zero attached hydrogens (tertiary/aromatic N) is 3. The van der Waals surface area contributed by atoms with E-state index in [-0.39, 0.29) is 28.2 Å². The third-order valence-corrected chi connectivity index (χ3v) is 10.7. The summed E-state index contributed by atoms with van der Waals surface area (Å²) >= 11 is 0. The van der Waals surface area contributed by atoms with Gasteiger partial charge in [0.05, 0.1) is 34.4 Å². The van der Waals surface area contributed by atoms with Crippen LogP contribution in [0.5, 0.6) is 5.75 Å². The van der Waals surface area contributed by atoms with Gasteiger partial charge in [0.25, 0.3) is 21.6 Å². The standard InChI is InChI=1S/C36H35N5O6S/c1-23-12-18-29(21-34(23)41(43)44)48(45,46)40(27-14-16-28(47-3)17-15-27)22-35(42)39-38-24(2)26-13-19-33-32(20-26)30-10-7-11-31(30)36(37-33)25-8-5-4-6-9-25/h4-10,12-21,30-31,36-37H,11,22H2,1-3H3,(H,39,42). The van der Waals surface area contributed by atoms with Gasteiger partial charge >= 0.3 is 0 Å². The second-order valence-corrected chi connectivity index (χ2v) is 13.7. The van der Waals surface area contributed by atoms with Crippen LogP contribution in [-0.2, 0) is 14.8 Å². The zero-order valence-corrected chi connectivity index (χ0v) is 27.5. The first-order valence-electron chi connectivity index (χ1n) is 15.4. The highest BCUT2D eigenvalue weighted by molar-refractivity contribution is 7.92. The van der Waals surface area contributed by atoms with Gasteiger partial charge in [0.15, 0.2) is 0 Å². The highest BCUT2D eigenvalue weighted by atomic mass is 32.2. The normalized spacial score (nSPS) is 18.3. The van der Waals surface area contributed by atoms with E-state index in [0.29, 0.717) is 22.9 Å². The Bertz CT molecular complexity index is 2030. The average molecular weight is 666 g/mol. The number of anilines is 2. The van der Waals surface area contributed by atoms with Gasteiger partial charge < -0.3 is 10.1 Å². The first-order valence-corrected chi connectivity index (χ1v) is 16.9. The number of nitro benzene ring substituents is 1. The summed E-state index contributed by atoms with van der Waals surface area (Å²) in [6.45, 7) is 2.67. The maximum absolute atomic E-state index is 13.9. The lowest BCUT2D eigenvalue weighted by atomic mass is 9.76. The maximum Gasteiger partial charge on any atom is 0.273 e. The third kappa shape index (κ3) is 6.39. The molecule has 3 unspecified atom stereocenters. The van der Waals surface area contributed by atoms with Gasteiger partial charge in [-0.25, -0.2) is 13.8 Å². The highest BCUT2D eigenvalue weighted by Gasteiger charge is 2.38. The second kappa shape index (κ2) is 13.3. The first-order chi connectivity index (χ1) is 23.1. The number of hydrogen-bond acceptors (Lipinski definition) is 8. The molecule has 6 rings (SSSR count). The molecule has 11 nitrogen and oxygen atoms in total. The number of hydrazone groups is 1. The van der Waals surface area contributed by atoms with Crippen molar-refractivity contribution in [1.82, 2.24) is 5.43 Å². The van der Waals surface area contributed by atoms with Gasteiger partial charge in [-0.2, -0.15) is 5.10 Å². The number of allylic oxidation sites excluding steroid dienone is 2. The molecule has 2 N–H and O–H groups in total. The first kappa shape index (κ1) is 32.5. The predicted molar refractivity (Wildman–Crippen MR) is 185 cm³/mol. The minimum Gasteiger partial charge on any atom is -0.497 e. The maximum atomic E-state index is 13.9. The van der Waals surface area contributed by atoms with Crippen molar-refractivity contribution in [2.45, 2.75) is 37.1 Å². The molecule has 0 spiro atoms. The van der Waals surface area contributed by atoms with Crippen molar-refractivity contribution in [3.05, 3.63) is 136 Å². The van der Waals surface area contributed by atoms with Crippen LogP contribution < -0.4 is 19.8 Å².